The number of rotatable bonds is 6. The number of hydrogen-bond acceptors (Lipinski definition) is 4. The average molecular weight is 376 g/mol. The molecule has 0 bridgehead atoms. The van der Waals surface area contributed by atoms with Crippen LogP contribution >= 0.6 is 0 Å². The molecule has 2 aromatic rings. The van der Waals surface area contributed by atoms with Crippen molar-refractivity contribution in [3.8, 4) is 0 Å². The van der Waals surface area contributed by atoms with E-state index in [0.29, 0.717) is 26.1 Å². The highest BCUT2D eigenvalue weighted by atomic mass is 32.2. The zero-order chi connectivity index (χ0) is 18.1. The fourth-order valence-corrected chi connectivity index (χ4v) is 5.17. The first-order valence-electron chi connectivity index (χ1n) is 9.23. The molecule has 7 nitrogen and oxygen atoms in total. The lowest BCUT2D eigenvalue weighted by molar-refractivity contribution is -0.138. The van der Waals surface area contributed by atoms with Crippen molar-refractivity contribution in [1.82, 2.24) is 19.0 Å². The van der Waals surface area contributed by atoms with Gasteiger partial charge in [-0.2, -0.15) is 0 Å². The van der Waals surface area contributed by atoms with E-state index in [1.807, 2.05) is 35.0 Å². The van der Waals surface area contributed by atoms with Gasteiger partial charge in [0.15, 0.2) is 0 Å². The van der Waals surface area contributed by atoms with Crippen molar-refractivity contribution >= 4 is 21.6 Å². The van der Waals surface area contributed by atoms with Crippen LogP contribution in [0.2, 0.25) is 0 Å². The minimum Gasteiger partial charge on any atom is -0.340 e. The molecular weight excluding hydrogens is 352 g/mol. The molecule has 3 heterocycles. The van der Waals surface area contributed by atoms with Crippen LogP contribution in [0.15, 0.2) is 30.6 Å². The minimum atomic E-state index is -3.39. The largest absolute Gasteiger partial charge is 0.340 e. The van der Waals surface area contributed by atoms with Crippen LogP contribution in [0.1, 0.15) is 31.4 Å². The Labute approximate surface area is 153 Å². The molecule has 2 aromatic heterocycles. The van der Waals surface area contributed by atoms with E-state index in [9.17, 15) is 13.2 Å². The summed E-state index contributed by atoms with van der Waals surface area (Å²) in [6, 6.07) is 5.76. The molecule has 1 saturated carbocycles. The van der Waals surface area contributed by atoms with Gasteiger partial charge in [-0.3, -0.25) is 4.79 Å². The van der Waals surface area contributed by atoms with Crippen molar-refractivity contribution in [2.45, 2.75) is 37.4 Å². The second kappa shape index (κ2) is 7.00. The Bertz CT molecular complexity index is 863. The van der Waals surface area contributed by atoms with Gasteiger partial charge < -0.3 is 9.30 Å². The maximum Gasteiger partial charge on any atom is 0.225 e. The van der Waals surface area contributed by atoms with Crippen molar-refractivity contribution in [2.75, 3.05) is 19.6 Å². The van der Waals surface area contributed by atoms with Crippen molar-refractivity contribution in [2.24, 2.45) is 5.92 Å². The lowest BCUT2D eigenvalue weighted by Gasteiger charge is -2.39. The SMILES string of the molecule is O=C(C1CCCC1)N1CC(S(=O)(=O)NCCc2cn3ccccc3n2)C1. The van der Waals surface area contributed by atoms with Gasteiger partial charge in [-0.1, -0.05) is 18.9 Å². The van der Waals surface area contributed by atoms with E-state index in [1.54, 1.807) is 4.90 Å². The lowest BCUT2D eigenvalue weighted by atomic mass is 10.0. The van der Waals surface area contributed by atoms with Gasteiger partial charge in [0.05, 0.1) is 5.69 Å². The Kier molecular flexibility index (Phi) is 4.71. The predicted molar refractivity (Wildman–Crippen MR) is 98.1 cm³/mol. The first kappa shape index (κ1) is 17.5. The van der Waals surface area contributed by atoms with E-state index in [4.69, 9.17) is 0 Å². The molecule has 140 valence electrons. The van der Waals surface area contributed by atoms with Crippen LogP contribution in [0, 0.1) is 5.92 Å². The van der Waals surface area contributed by atoms with Gasteiger partial charge in [0.1, 0.15) is 10.9 Å². The number of nitrogens with zero attached hydrogens (tertiary/aromatic N) is 3. The molecule has 0 radical (unpaired) electrons. The van der Waals surface area contributed by atoms with Crippen molar-refractivity contribution in [3.05, 3.63) is 36.3 Å². The average Bonchev–Trinajstić information content (AvgIpc) is 3.22. The Balaban J connectivity index is 1.26. The zero-order valence-electron chi connectivity index (χ0n) is 14.7. The number of pyridine rings is 1. The number of nitrogens with one attached hydrogen (secondary N) is 1. The first-order valence-corrected chi connectivity index (χ1v) is 10.8. The number of imidazole rings is 1. The molecule has 1 amide bonds. The van der Waals surface area contributed by atoms with Crippen LogP contribution in [0.5, 0.6) is 0 Å². The molecule has 0 unspecified atom stereocenters. The number of carbonyl (C=O) groups is 1. The number of likely N-dealkylation sites (tertiary alicyclic amines) is 1. The summed E-state index contributed by atoms with van der Waals surface area (Å²) in [5.74, 6) is 0.250. The molecule has 2 fully saturated rings. The Morgan fingerprint density at radius 2 is 2.00 bits per heavy atom. The van der Waals surface area contributed by atoms with Gasteiger partial charge in [0, 0.05) is 44.4 Å². The summed E-state index contributed by atoms with van der Waals surface area (Å²) >= 11 is 0. The second-order valence-electron chi connectivity index (χ2n) is 7.23. The van der Waals surface area contributed by atoms with Crippen LogP contribution < -0.4 is 4.72 Å². The molecule has 0 atom stereocenters. The van der Waals surface area contributed by atoms with Gasteiger partial charge in [-0.25, -0.2) is 18.1 Å². The summed E-state index contributed by atoms with van der Waals surface area (Å²) in [7, 11) is -3.39. The summed E-state index contributed by atoms with van der Waals surface area (Å²) in [6.45, 7) is 0.956. The normalized spacial score (nSPS) is 19.2. The number of sulfonamides is 1. The van der Waals surface area contributed by atoms with Gasteiger partial charge in [0.2, 0.25) is 15.9 Å². The fourth-order valence-electron chi connectivity index (χ4n) is 3.79. The highest BCUT2D eigenvalue weighted by molar-refractivity contribution is 7.90. The second-order valence-corrected chi connectivity index (χ2v) is 9.28. The molecule has 1 aliphatic heterocycles. The van der Waals surface area contributed by atoms with E-state index in [1.165, 1.54) is 0 Å². The summed E-state index contributed by atoms with van der Waals surface area (Å²) in [6.07, 6.45) is 8.48. The first-order chi connectivity index (χ1) is 12.5. The molecule has 1 saturated heterocycles. The number of hydrogen-bond donors (Lipinski definition) is 1. The molecule has 1 aliphatic carbocycles. The summed E-state index contributed by atoms with van der Waals surface area (Å²) in [5, 5.41) is -0.492. The number of amides is 1. The lowest BCUT2D eigenvalue weighted by Crippen LogP contribution is -2.60. The third kappa shape index (κ3) is 3.48. The van der Waals surface area contributed by atoms with Crippen molar-refractivity contribution in [3.63, 3.8) is 0 Å². The van der Waals surface area contributed by atoms with Gasteiger partial charge >= 0.3 is 0 Å². The predicted octanol–water partition coefficient (Wildman–Crippen LogP) is 1.20. The summed E-state index contributed by atoms with van der Waals surface area (Å²) < 4.78 is 29.4. The highest BCUT2D eigenvalue weighted by Crippen LogP contribution is 2.29. The standard InChI is InChI=1S/C18H24N4O3S/c23-18(14-5-1-2-6-14)22-12-16(13-22)26(24,25)19-9-8-15-11-21-10-4-3-7-17(21)20-15/h3-4,7,10-11,14,16,19H,1-2,5-6,8-9,12-13H2. The molecule has 4 rings (SSSR count). The fraction of sp³-hybridized carbons (Fsp3) is 0.556. The molecular formula is C18H24N4O3S. The molecule has 26 heavy (non-hydrogen) atoms. The van der Waals surface area contributed by atoms with E-state index in [2.05, 4.69) is 9.71 Å². The molecule has 0 aromatic carbocycles. The van der Waals surface area contributed by atoms with Gasteiger partial charge in [-0.15, -0.1) is 0 Å². The van der Waals surface area contributed by atoms with Gasteiger partial charge in [0.25, 0.3) is 0 Å². The van der Waals surface area contributed by atoms with Crippen molar-refractivity contribution < 1.29 is 13.2 Å². The van der Waals surface area contributed by atoms with Crippen molar-refractivity contribution in [1.29, 1.82) is 0 Å². The maximum absolute atomic E-state index is 12.4. The van der Waals surface area contributed by atoms with E-state index >= 15 is 0 Å². The monoisotopic (exact) mass is 376 g/mol. The van der Waals surface area contributed by atoms with E-state index < -0.39 is 15.3 Å². The number of aromatic nitrogens is 2. The third-order valence-electron chi connectivity index (χ3n) is 5.40. The Morgan fingerprint density at radius 1 is 1.23 bits per heavy atom. The smallest absolute Gasteiger partial charge is 0.225 e. The van der Waals surface area contributed by atoms with E-state index in [0.717, 1.165) is 37.0 Å². The zero-order valence-corrected chi connectivity index (χ0v) is 15.5. The highest BCUT2D eigenvalue weighted by Gasteiger charge is 2.41. The summed E-state index contributed by atoms with van der Waals surface area (Å²) in [5.41, 5.74) is 1.70. The quantitative estimate of drug-likeness (QED) is 0.821. The van der Waals surface area contributed by atoms with Crippen LogP contribution in [0.25, 0.3) is 5.65 Å². The molecule has 2 aliphatic rings. The van der Waals surface area contributed by atoms with Crippen LogP contribution in [-0.2, 0) is 21.2 Å². The Hall–Kier alpha value is -1.93. The number of carbonyl (C=O) groups excluding carboxylic acids is 1. The number of fused-ring (bicyclic) bond motifs is 1. The van der Waals surface area contributed by atoms with Crippen LogP contribution in [0.4, 0.5) is 0 Å². The minimum absolute atomic E-state index is 0.113. The van der Waals surface area contributed by atoms with Gasteiger partial charge in [-0.05, 0) is 25.0 Å². The molecule has 1 N–H and O–H groups in total. The third-order valence-corrected chi connectivity index (χ3v) is 7.18. The van der Waals surface area contributed by atoms with Crippen LogP contribution in [0.3, 0.4) is 0 Å². The maximum atomic E-state index is 12.4. The topological polar surface area (TPSA) is 83.8 Å². The Morgan fingerprint density at radius 3 is 2.73 bits per heavy atom. The molecule has 8 heteroatoms. The summed E-state index contributed by atoms with van der Waals surface area (Å²) in [4.78, 5) is 18.4. The van der Waals surface area contributed by atoms with E-state index in [-0.39, 0.29) is 11.8 Å². The van der Waals surface area contributed by atoms with Crippen LogP contribution in [-0.4, -0.2) is 53.5 Å². The molecule has 0 spiro atoms.